The average Bonchev–Trinajstić information content (AvgIpc) is 1.25. The molecule has 0 atom stereocenters. The van der Waals surface area contributed by atoms with E-state index < -0.39 is 10.3 Å². The number of aliphatic hydroxyl groups excluding tert-OH is 2. The molecule has 0 aliphatic carbocycles. The summed E-state index contributed by atoms with van der Waals surface area (Å²) in [5.74, 6) is 0. The third-order valence-corrected chi connectivity index (χ3v) is 0. The Balaban J connectivity index is -0.0000000171. The Kier molecular flexibility index (Phi) is 61.7. The third kappa shape index (κ3) is 10100. The first-order valence-electron chi connectivity index (χ1n) is 1.43. The minimum absolute atomic E-state index is 0. The molecule has 0 aliphatic heterocycles. The summed E-state index contributed by atoms with van der Waals surface area (Å²) in [7, 11) is 0. The Hall–Kier alpha value is 0.263. The van der Waals surface area contributed by atoms with Crippen LogP contribution in [0, 0.1) is 0 Å². The molecule has 0 bridgehead atoms. The summed E-state index contributed by atoms with van der Waals surface area (Å²) >= 11 is 7.74. The summed E-state index contributed by atoms with van der Waals surface area (Å²) in [6, 6.07) is 0. The van der Waals surface area contributed by atoms with Gasteiger partial charge < -0.3 is 21.7 Å². The van der Waals surface area contributed by atoms with Crippen LogP contribution in [0.5, 0.6) is 0 Å². The molecule has 72 valence electrons. The van der Waals surface area contributed by atoms with Crippen LogP contribution in [0.2, 0.25) is 0 Å². The zero-order chi connectivity index (χ0) is 7.15. The van der Waals surface area contributed by atoms with Gasteiger partial charge in [0.25, 0.3) is 10.3 Å². The first-order chi connectivity index (χ1) is 3.46. The SMILES string of the molecule is C.C.NC(O)=S.NC(O)=S.[BiH3]. The Morgan fingerprint density at radius 3 is 0.909 bits per heavy atom. The molecule has 0 aliphatic rings. The van der Waals surface area contributed by atoms with E-state index in [0.29, 0.717) is 0 Å². The standard InChI is InChI=1S/2CH3NOS.2CH4.Bi.3H/c2*2-1(3)4;;;;;;/h2*(H3,2,3,4);2*1H4;;;;. The van der Waals surface area contributed by atoms with Crippen LogP contribution in [0.25, 0.3) is 0 Å². The molecule has 6 N–H and O–H groups in total. The van der Waals surface area contributed by atoms with Crippen molar-refractivity contribution in [3.05, 3.63) is 0 Å². The van der Waals surface area contributed by atoms with E-state index in [1.807, 2.05) is 0 Å². The minimum atomic E-state index is -0.500. The monoisotopic (exact) mass is 398 g/mol. The van der Waals surface area contributed by atoms with Crippen molar-refractivity contribution in [1.82, 2.24) is 0 Å². The molecule has 0 amide bonds. The Morgan fingerprint density at radius 1 is 0.909 bits per heavy atom. The number of rotatable bonds is 0. The number of thiocarbonyl (C=S) groups is 2. The number of hydrogen-bond acceptors (Lipinski definition) is 2. The summed E-state index contributed by atoms with van der Waals surface area (Å²) in [4.78, 5) is 0. The van der Waals surface area contributed by atoms with Gasteiger partial charge in [-0.1, -0.05) is 14.9 Å². The normalized spacial score (nSPS) is 4.36. The maximum absolute atomic E-state index is 7.56. The molecule has 0 saturated heterocycles. The van der Waals surface area contributed by atoms with E-state index >= 15 is 0 Å². The van der Waals surface area contributed by atoms with Crippen molar-refractivity contribution in [3.8, 4) is 0 Å². The quantitative estimate of drug-likeness (QED) is 0.330. The van der Waals surface area contributed by atoms with Crippen molar-refractivity contribution < 1.29 is 10.2 Å². The van der Waals surface area contributed by atoms with Gasteiger partial charge in [0.1, 0.15) is 0 Å². The van der Waals surface area contributed by atoms with Crippen LogP contribution in [-0.2, 0) is 0 Å². The molecule has 0 aromatic rings. The second-order valence-corrected chi connectivity index (χ2v) is 1.51. The Labute approximate surface area is 97.1 Å². The molecule has 0 radical (unpaired) electrons. The topological polar surface area (TPSA) is 92.5 Å². The van der Waals surface area contributed by atoms with Crippen LogP contribution in [-0.4, -0.2) is 46.8 Å². The molecule has 0 rings (SSSR count). The van der Waals surface area contributed by atoms with Crippen LogP contribution in [0.15, 0.2) is 0 Å². The van der Waals surface area contributed by atoms with E-state index in [2.05, 4.69) is 35.9 Å². The molecule has 11 heavy (non-hydrogen) atoms. The van der Waals surface area contributed by atoms with Gasteiger partial charge in [0.05, 0.1) is 0 Å². The fourth-order valence-corrected chi connectivity index (χ4v) is 0. The predicted molar refractivity (Wildman–Crippen MR) is 62.2 cm³/mol. The van der Waals surface area contributed by atoms with Gasteiger partial charge in [-0.2, -0.15) is 0 Å². The number of aliphatic hydroxyl groups is 2. The van der Waals surface area contributed by atoms with Gasteiger partial charge in [-0.3, -0.25) is 0 Å². The fraction of sp³-hybridized carbons (Fsp3) is 0.500. The Morgan fingerprint density at radius 2 is 0.909 bits per heavy atom. The van der Waals surface area contributed by atoms with Crippen LogP contribution in [0.1, 0.15) is 14.9 Å². The van der Waals surface area contributed by atoms with E-state index in [1.54, 1.807) is 0 Å². The van der Waals surface area contributed by atoms with Gasteiger partial charge in [-0.05, 0) is 24.4 Å². The van der Waals surface area contributed by atoms with Crippen LogP contribution in [0.4, 0.5) is 0 Å². The first-order valence-corrected chi connectivity index (χ1v) is 2.25. The fourth-order valence-electron chi connectivity index (χ4n) is 0. The first kappa shape index (κ1) is 30.2. The van der Waals surface area contributed by atoms with Crippen LogP contribution >= 0.6 is 24.4 Å². The van der Waals surface area contributed by atoms with E-state index in [4.69, 9.17) is 10.2 Å². The summed E-state index contributed by atoms with van der Waals surface area (Å²) in [6.07, 6.45) is 0. The molecule has 0 spiro atoms. The van der Waals surface area contributed by atoms with Crippen LogP contribution < -0.4 is 11.5 Å². The van der Waals surface area contributed by atoms with Gasteiger partial charge in [0.2, 0.25) is 0 Å². The Bertz CT molecular complexity index is 82.1. The van der Waals surface area contributed by atoms with E-state index in [1.165, 1.54) is 0 Å². The molecular weight excluding hydrogens is 381 g/mol. The molecule has 7 heteroatoms. The average molecular weight is 398 g/mol. The summed E-state index contributed by atoms with van der Waals surface area (Å²) in [5, 5.41) is 14.1. The number of nitrogens with two attached hydrogens (primary N) is 2. The zero-order valence-electron chi connectivity index (χ0n) is 4.57. The van der Waals surface area contributed by atoms with Crippen molar-refractivity contribution in [2.45, 2.75) is 14.9 Å². The maximum atomic E-state index is 7.56. The molecule has 0 saturated carbocycles. The van der Waals surface area contributed by atoms with Crippen molar-refractivity contribution in [2.24, 2.45) is 11.5 Å². The molecule has 4 nitrogen and oxygen atoms in total. The van der Waals surface area contributed by atoms with Gasteiger partial charge in [-0.15, -0.1) is 0 Å². The van der Waals surface area contributed by atoms with Gasteiger partial charge in [-0.25, -0.2) is 0 Å². The predicted octanol–water partition coefficient (Wildman–Crippen LogP) is -0.336. The van der Waals surface area contributed by atoms with Gasteiger partial charge in [0, 0.05) is 0 Å². The molecule has 0 aromatic heterocycles. The van der Waals surface area contributed by atoms with Gasteiger partial charge >= 0.3 is 26.2 Å². The van der Waals surface area contributed by atoms with Gasteiger partial charge in [0.15, 0.2) is 0 Å². The van der Waals surface area contributed by atoms with Crippen LogP contribution in [0.3, 0.4) is 0 Å². The summed E-state index contributed by atoms with van der Waals surface area (Å²) < 4.78 is 0. The number of hydrogen-bond donors (Lipinski definition) is 4. The molecular formula is C4H17BiN2O2S2. The zero-order valence-corrected chi connectivity index (χ0v) is 11.7. The molecule has 0 heterocycles. The van der Waals surface area contributed by atoms with Crippen molar-refractivity contribution >= 4 is 61.0 Å². The van der Waals surface area contributed by atoms with E-state index in [0.717, 1.165) is 0 Å². The second-order valence-electron chi connectivity index (χ2n) is 0.676. The van der Waals surface area contributed by atoms with Crippen molar-refractivity contribution in [3.63, 3.8) is 0 Å². The molecule has 0 fully saturated rings. The van der Waals surface area contributed by atoms with E-state index in [-0.39, 0.29) is 41.1 Å². The van der Waals surface area contributed by atoms with E-state index in [9.17, 15) is 0 Å². The molecule has 0 aromatic carbocycles. The van der Waals surface area contributed by atoms with Crippen molar-refractivity contribution in [1.29, 1.82) is 0 Å². The summed E-state index contributed by atoms with van der Waals surface area (Å²) in [5.41, 5.74) is 8.80. The summed E-state index contributed by atoms with van der Waals surface area (Å²) in [6.45, 7) is 0. The van der Waals surface area contributed by atoms with Crippen molar-refractivity contribution in [2.75, 3.05) is 0 Å². The third-order valence-electron chi connectivity index (χ3n) is 0. The second kappa shape index (κ2) is 22.4. The molecule has 0 unspecified atom stereocenters.